The van der Waals surface area contributed by atoms with Gasteiger partial charge in [0.15, 0.2) is 0 Å². The molecule has 0 saturated heterocycles. The Morgan fingerprint density at radius 3 is 2.59 bits per heavy atom. The number of amides is 1. The molecule has 2 N–H and O–H groups in total. The fourth-order valence-electron chi connectivity index (χ4n) is 1.49. The Hall–Kier alpha value is -1.08. The van der Waals surface area contributed by atoms with Crippen molar-refractivity contribution in [1.82, 2.24) is 10.6 Å². The van der Waals surface area contributed by atoms with Gasteiger partial charge in [-0.25, -0.2) is 0 Å². The largest absolute Gasteiger partial charge is 0.355 e. The molecule has 0 aromatic heterocycles. The second-order valence-corrected chi connectivity index (χ2v) is 5.02. The number of carbonyl (C=O) groups is 1. The van der Waals surface area contributed by atoms with E-state index in [4.69, 9.17) is 5.26 Å². The zero-order chi connectivity index (χ0) is 13.3. The molecule has 0 aliphatic heterocycles. The van der Waals surface area contributed by atoms with Crippen LogP contribution in [0.15, 0.2) is 0 Å². The number of rotatable bonds is 8. The summed E-state index contributed by atoms with van der Waals surface area (Å²) < 4.78 is 0. The van der Waals surface area contributed by atoms with Crippen molar-refractivity contribution in [3.63, 3.8) is 0 Å². The van der Waals surface area contributed by atoms with Gasteiger partial charge in [0.2, 0.25) is 5.91 Å². The molecule has 0 aliphatic rings. The Labute approximate surface area is 105 Å². The Bertz CT molecular complexity index is 268. The van der Waals surface area contributed by atoms with Crippen LogP contribution in [0.1, 0.15) is 47.0 Å². The smallest absolute Gasteiger partial charge is 0.236 e. The molecule has 0 aliphatic carbocycles. The summed E-state index contributed by atoms with van der Waals surface area (Å²) in [6.07, 6.45) is 2.91. The molecule has 0 rings (SSSR count). The molecule has 0 saturated carbocycles. The summed E-state index contributed by atoms with van der Waals surface area (Å²) in [5.41, 5.74) is -0.231. The van der Waals surface area contributed by atoms with Gasteiger partial charge in [-0.1, -0.05) is 6.42 Å². The summed E-state index contributed by atoms with van der Waals surface area (Å²) >= 11 is 0. The van der Waals surface area contributed by atoms with E-state index in [0.717, 1.165) is 25.8 Å². The van der Waals surface area contributed by atoms with E-state index in [1.807, 2.05) is 27.7 Å². The highest BCUT2D eigenvalue weighted by Gasteiger charge is 2.15. The van der Waals surface area contributed by atoms with Crippen molar-refractivity contribution >= 4 is 5.91 Å². The molecule has 0 aromatic carbocycles. The van der Waals surface area contributed by atoms with Gasteiger partial charge in [0.25, 0.3) is 0 Å². The third kappa shape index (κ3) is 7.76. The van der Waals surface area contributed by atoms with E-state index in [9.17, 15) is 4.79 Å². The lowest BCUT2D eigenvalue weighted by molar-refractivity contribution is -0.122. The van der Waals surface area contributed by atoms with Crippen molar-refractivity contribution < 1.29 is 4.79 Å². The molecule has 0 spiro atoms. The van der Waals surface area contributed by atoms with E-state index in [1.165, 1.54) is 0 Å². The summed E-state index contributed by atoms with van der Waals surface area (Å²) in [5.74, 6) is 0.0462. The second-order valence-electron chi connectivity index (χ2n) is 5.02. The van der Waals surface area contributed by atoms with Gasteiger partial charge in [-0.05, 0) is 47.1 Å². The molecular formula is C13H25N3O. The van der Waals surface area contributed by atoms with Crippen molar-refractivity contribution in [2.75, 3.05) is 13.1 Å². The Balaban J connectivity index is 3.59. The lowest BCUT2D eigenvalue weighted by Gasteiger charge is -2.16. The third-order valence-corrected chi connectivity index (χ3v) is 2.73. The average molecular weight is 239 g/mol. The summed E-state index contributed by atoms with van der Waals surface area (Å²) in [6, 6.07) is 2.15. The maximum absolute atomic E-state index is 11.4. The molecule has 0 heterocycles. The van der Waals surface area contributed by atoms with Crippen molar-refractivity contribution in [3.8, 4) is 6.07 Å². The number of likely N-dealkylation sites (N-methyl/N-ethyl adjacent to an activating group) is 1. The van der Waals surface area contributed by atoms with E-state index in [0.29, 0.717) is 6.54 Å². The van der Waals surface area contributed by atoms with Crippen LogP contribution in [-0.4, -0.2) is 25.0 Å². The molecule has 4 heteroatoms. The van der Waals surface area contributed by atoms with Gasteiger partial charge >= 0.3 is 0 Å². The number of nitrogens with one attached hydrogen (secondary N) is 2. The highest BCUT2D eigenvalue weighted by atomic mass is 16.2. The minimum Gasteiger partial charge on any atom is -0.355 e. The van der Waals surface area contributed by atoms with Crippen LogP contribution < -0.4 is 10.6 Å². The molecule has 4 nitrogen and oxygen atoms in total. The first-order valence-electron chi connectivity index (χ1n) is 6.35. The highest BCUT2D eigenvalue weighted by Crippen LogP contribution is 2.21. The third-order valence-electron chi connectivity index (χ3n) is 2.73. The van der Waals surface area contributed by atoms with Gasteiger partial charge in [0.05, 0.1) is 17.5 Å². The molecule has 0 radical (unpaired) electrons. The standard InChI is InChI=1S/C13H25N3O/c1-5-15-12(17)11(2)16-9-7-6-8-13(3,4)10-14/h11,16H,5-9H2,1-4H3,(H,15,17). The molecule has 98 valence electrons. The number of nitriles is 1. The van der Waals surface area contributed by atoms with E-state index in [1.54, 1.807) is 0 Å². The monoisotopic (exact) mass is 239 g/mol. The Morgan fingerprint density at radius 2 is 2.06 bits per heavy atom. The number of carbonyl (C=O) groups excluding carboxylic acids is 1. The van der Waals surface area contributed by atoms with Gasteiger partial charge in [-0.2, -0.15) is 5.26 Å². The number of unbranched alkanes of at least 4 members (excludes halogenated alkanes) is 1. The van der Waals surface area contributed by atoms with Gasteiger partial charge in [0.1, 0.15) is 0 Å². The van der Waals surface area contributed by atoms with Crippen LogP contribution in [0.5, 0.6) is 0 Å². The normalized spacial score (nSPS) is 12.9. The quantitative estimate of drug-likeness (QED) is 0.635. The SMILES string of the molecule is CCNC(=O)C(C)NCCCCC(C)(C)C#N. The topological polar surface area (TPSA) is 64.9 Å². The van der Waals surface area contributed by atoms with Crippen molar-refractivity contribution in [1.29, 1.82) is 5.26 Å². The summed E-state index contributed by atoms with van der Waals surface area (Å²) in [5, 5.41) is 14.8. The van der Waals surface area contributed by atoms with E-state index < -0.39 is 0 Å². The zero-order valence-electron chi connectivity index (χ0n) is 11.5. The van der Waals surface area contributed by atoms with E-state index >= 15 is 0 Å². The Kier molecular flexibility index (Phi) is 7.56. The van der Waals surface area contributed by atoms with Crippen LogP contribution in [0.4, 0.5) is 0 Å². The van der Waals surface area contributed by atoms with Crippen molar-refractivity contribution in [2.24, 2.45) is 5.41 Å². The molecule has 1 amide bonds. The predicted molar refractivity (Wildman–Crippen MR) is 69.4 cm³/mol. The fraction of sp³-hybridized carbons (Fsp3) is 0.846. The van der Waals surface area contributed by atoms with Gasteiger partial charge in [-0.15, -0.1) is 0 Å². The highest BCUT2D eigenvalue weighted by molar-refractivity contribution is 5.81. The number of hydrogen-bond acceptors (Lipinski definition) is 3. The molecular weight excluding hydrogens is 214 g/mol. The van der Waals surface area contributed by atoms with E-state index in [2.05, 4.69) is 16.7 Å². The summed E-state index contributed by atoms with van der Waals surface area (Å²) in [6.45, 7) is 9.18. The van der Waals surface area contributed by atoms with Crippen LogP contribution in [0, 0.1) is 16.7 Å². The predicted octanol–water partition coefficient (Wildman–Crippen LogP) is 1.82. The van der Waals surface area contributed by atoms with Crippen LogP contribution in [0.3, 0.4) is 0 Å². The average Bonchev–Trinajstić information content (AvgIpc) is 2.28. The first-order chi connectivity index (χ1) is 7.93. The van der Waals surface area contributed by atoms with Crippen molar-refractivity contribution in [3.05, 3.63) is 0 Å². The fourth-order valence-corrected chi connectivity index (χ4v) is 1.49. The second kappa shape index (κ2) is 8.08. The van der Waals surface area contributed by atoms with E-state index in [-0.39, 0.29) is 17.4 Å². The zero-order valence-corrected chi connectivity index (χ0v) is 11.5. The molecule has 0 fully saturated rings. The maximum Gasteiger partial charge on any atom is 0.236 e. The minimum atomic E-state index is -0.231. The Morgan fingerprint density at radius 1 is 1.41 bits per heavy atom. The van der Waals surface area contributed by atoms with Crippen LogP contribution in [0.25, 0.3) is 0 Å². The summed E-state index contributed by atoms with van der Waals surface area (Å²) in [7, 11) is 0. The maximum atomic E-state index is 11.4. The molecule has 0 bridgehead atoms. The minimum absolute atomic E-state index is 0.0462. The lowest BCUT2D eigenvalue weighted by atomic mass is 9.89. The molecule has 1 atom stereocenters. The van der Waals surface area contributed by atoms with Gasteiger partial charge < -0.3 is 10.6 Å². The van der Waals surface area contributed by atoms with Crippen LogP contribution in [0.2, 0.25) is 0 Å². The summed E-state index contributed by atoms with van der Waals surface area (Å²) in [4.78, 5) is 11.4. The van der Waals surface area contributed by atoms with Crippen molar-refractivity contribution in [2.45, 2.75) is 53.0 Å². The lowest BCUT2D eigenvalue weighted by Crippen LogP contribution is -2.42. The number of nitrogens with zero attached hydrogens (tertiary/aromatic N) is 1. The first kappa shape index (κ1) is 15.9. The molecule has 1 unspecified atom stereocenters. The van der Waals surface area contributed by atoms with Gasteiger partial charge in [0, 0.05) is 6.54 Å². The van der Waals surface area contributed by atoms with Gasteiger partial charge in [-0.3, -0.25) is 4.79 Å². The van der Waals surface area contributed by atoms with Crippen LogP contribution >= 0.6 is 0 Å². The van der Waals surface area contributed by atoms with Crippen LogP contribution in [-0.2, 0) is 4.79 Å². The number of hydrogen-bond donors (Lipinski definition) is 2. The first-order valence-corrected chi connectivity index (χ1v) is 6.35. The molecule has 17 heavy (non-hydrogen) atoms. The molecule has 0 aromatic rings.